The zero-order chi connectivity index (χ0) is 13.8. The van der Waals surface area contributed by atoms with E-state index in [9.17, 15) is 0 Å². The SMILES string of the molecule is COc1cc(C)c(-c2cnc(CCO)[nH]2)cc1OC. The lowest BCUT2D eigenvalue weighted by Crippen LogP contribution is -1.94. The number of aryl methyl sites for hydroxylation is 1. The third kappa shape index (κ3) is 2.71. The van der Waals surface area contributed by atoms with Crippen LogP contribution in [0.3, 0.4) is 0 Å². The van der Waals surface area contributed by atoms with E-state index in [0.29, 0.717) is 17.9 Å². The molecule has 2 N–H and O–H groups in total. The van der Waals surface area contributed by atoms with Crippen molar-refractivity contribution < 1.29 is 14.6 Å². The van der Waals surface area contributed by atoms with Crippen molar-refractivity contribution in [3.63, 3.8) is 0 Å². The van der Waals surface area contributed by atoms with Gasteiger partial charge in [-0.25, -0.2) is 4.98 Å². The van der Waals surface area contributed by atoms with Gasteiger partial charge in [-0.15, -0.1) is 0 Å². The van der Waals surface area contributed by atoms with Crippen molar-refractivity contribution in [2.24, 2.45) is 0 Å². The third-order valence-corrected chi connectivity index (χ3v) is 3.00. The molecule has 0 aliphatic carbocycles. The van der Waals surface area contributed by atoms with Crippen LogP contribution in [0.5, 0.6) is 11.5 Å². The number of nitrogens with one attached hydrogen (secondary N) is 1. The first kappa shape index (κ1) is 13.4. The fraction of sp³-hybridized carbons (Fsp3) is 0.357. The number of imidazole rings is 1. The van der Waals surface area contributed by atoms with E-state index in [1.165, 1.54) is 0 Å². The summed E-state index contributed by atoms with van der Waals surface area (Å²) < 4.78 is 10.6. The topological polar surface area (TPSA) is 67.4 Å². The number of aliphatic hydroxyl groups excluding tert-OH is 1. The highest BCUT2D eigenvalue weighted by Crippen LogP contribution is 2.34. The molecule has 0 unspecified atom stereocenters. The van der Waals surface area contributed by atoms with Gasteiger partial charge in [0.15, 0.2) is 11.5 Å². The molecule has 0 aliphatic rings. The second-order valence-electron chi connectivity index (χ2n) is 4.24. The highest BCUT2D eigenvalue weighted by molar-refractivity contribution is 5.67. The number of aliphatic hydroxyl groups is 1. The molecule has 0 saturated heterocycles. The molecule has 0 atom stereocenters. The first-order valence-electron chi connectivity index (χ1n) is 6.07. The van der Waals surface area contributed by atoms with Crippen molar-refractivity contribution in [2.75, 3.05) is 20.8 Å². The molecule has 5 heteroatoms. The van der Waals surface area contributed by atoms with Gasteiger partial charge < -0.3 is 19.6 Å². The van der Waals surface area contributed by atoms with Gasteiger partial charge in [-0.05, 0) is 24.6 Å². The van der Waals surface area contributed by atoms with Crippen LogP contribution in [0, 0.1) is 6.92 Å². The minimum Gasteiger partial charge on any atom is -0.493 e. The predicted molar refractivity (Wildman–Crippen MR) is 72.7 cm³/mol. The summed E-state index contributed by atoms with van der Waals surface area (Å²) in [6.07, 6.45) is 2.28. The van der Waals surface area contributed by atoms with Crippen molar-refractivity contribution >= 4 is 0 Å². The summed E-state index contributed by atoms with van der Waals surface area (Å²) in [7, 11) is 3.23. The van der Waals surface area contributed by atoms with Crippen LogP contribution in [0.25, 0.3) is 11.3 Å². The molecular weight excluding hydrogens is 244 g/mol. The molecule has 5 nitrogen and oxygen atoms in total. The van der Waals surface area contributed by atoms with Crippen LogP contribution in [0.2, 0.25) is 0 Å². The fourth-order valence-electron chi connectivity index (χ4n) is 2.00. The lowest BCUT2D eigenvalue weighted by Gasteiger charge is -2.11. The summed E-state index contributed by atoms with van der Waals surface area (Å²) in [5, 5.41) is 8.91. The first-order chi connectivity index (χ1) is 9.19. The van der Waals surface area contributed by atoms with E-state index in [0.717, 1.165) is 22.6 Å². The monoisotopic (exact) mass is 262 g/mol. The molecule has 0 aliphatic heterocycles. The Hall–Kier alpha value is -2.01. The van der Waals surface area contributed by atoms with E-state index >= 15 is 0 Å². The van der Waals surface area contributed by atoms with Crippen molar-refractivity contribution in [1.29, 1.82) is 0 Å². The highest BCUT2D eigenvalue weighted by atomic mass is 16.5. The second kappa shape index (κ2) is 5.75. The van der Waals surface area contributed by atoms with Crippen LogP contribution in [0.15, 0.2) is 18.3 Å². The van der Waals surface area contributed by atoms with Gasteiger partial charge in [0.05, 0.1) is 32.7 Å². The van der Waals surface area contributed by atoms with Gasteiger partial charge in [-0.3, -0.25) is 0 Å². The van der Waals surface area contributed by atoms with E-state index in [1.807, 2.05) is 19.1 Å². The number of hydrogen-bond acceptors (Lipinski definition) is 4. The maximum absolute atomic E-state index is 8.91. The summed E-state index contributed by atoms with van der Waals surface area (Å²) in [6.45, 7) is 2.09. The molecule has 2 rings (SSSR count). The molecule has 0 saturated carbocycles. The molecule has 19 heavy (non-hydrogen) atoms. The van der Waals surface area contributed by atoms with Crippen LogP contribution in [-0.4, -0.2) is 35.9 Å². The second-order valence-corrected chi connectivity index (χ2v) is 4.24. The molecule has 102 valence electrons. The minimum atomic E-state index is 0.0812. The molecule has 0 spiro atoms. The third-order valence-electron chi connectivity index (χ3n) is 3.00. The van der Waals surface area contributed by atoms with Crippen molar-refractivity contribution in [2.45, 2.75) is 13.3 Å². The maximum atomic E-state index is 8.91. The Kier molecular flexibility index (Phi) is 4.06. The van der Waals surface area contributed by atoms with E-state index in [2.05, 4.69) is 9.97 Å². The van der Waals surface area contributed by atoms with Gasteiger partial charge in [0.2, 0.25) is 0 Å². The Balaban J connectivity index is 2.42. The number of H-pyrrole nitrogens is 1. The van der Waals surface area contributed by atoms with Crippen molar-refractivity contribution in [3.05, 3.63) is 29.7 Å². The minimum absolute atomic E-state index is 0.0812. The first-order valence-corrected chi connectivity index (χ1v) is 6.07. The Morgan fingerprint density at radius 1 is 1.21 bits per heavy atom. The van der Waals surface area contributed by atoms with Gasteiger partial charge >= 0.3 is 0 Å². The number of methoxy groups -OCH3 is 2. The Labute approximate surface area is 112 Å². The number of aromatic amines is 1. The summed E-state index contributed by atoms with van der Waals surface area (Å²) in [5.74, 6) is 2.16. The lowest BCUT2D eigenvalue weighted by molar-refractivity contribution is 0.297. The van der Waals surface area contributed by atoms with Gasteiger partial charge in [-0.1, -0.05) is 0 Å². The molecule has 1 aromatic heterocycles. The fourth-order valence-corrected chi connectivity index (χ4v) is 2.00. The van der Waals surface area contributed by atoms with Crippen LogP contribution >= 0.6 is 0 Å². The Bertz CT molecular complexity index is 564. The molecule has 0 amide bonds. The Morgan fingerprint density at radius 2 is 1.89 bits per heavy atom. The quantitative estimate of drug-likeness (QED) is 0.864. The average molecular weight is 262 g/mol. The van der Waals surface area contributed by atoms with Crippen molar-refractivity contribution in [3.8, 4) is 22.8 Å². The Morgan fingerprint density at radius 3 is 2.53 bits per heavy atom. The van der Waals surface area contributed by atoms with Crippen LogP contribution in [0.1, 0.15) is 11.4 Å². The van der Waals surface area contributed by atoms with Gasteiger partial charge in [0.25, 0.3) is 0 Å². The number of rotatable bonds is 5. The van der Waals surface area contributed by atoms with E-state index in [1.54, 1.807) is 20.4 Å². The number of nitrogens with zero attached hydrogens (tertiary/aromatic N) is 1. The zero-order valence-electron chi connectivity index (χ0n) is 11.4. The van der Waals surface area contributed by atoms with Crippen molar-refractivity contribution in [1.82, 2.24) is 9.97 Å². The summed E-state index contributed by atoms with van der Waals surface area (Å²) >= 11 is 0. The largest absolute Gasteiger partial charge is 0.493 e. The summed E-state index contributed by atoms with van der Waals surface area (Å²) in [4.78, 5) is 7.43. The zero-order valence-corrected chi connectivity index (χ0v) is 11.4. The summed E-state index contributed by atoms with van der Waals surface area (Å²) in [6, 6.07) is 3.85. The molecule has 0 fully saturated rings. The van der Waals surface area contributed by atoms with E-state index < -0.39 is 0 Å². The van der Waals surface area contributed by atoms with Gasteiger partial charge in [0.1, 0.15) is 5.82 Å². The number of ether oxygens (including phenoxy) is 2. The van der Waals surface area contributed by atoms with E-state index in [4.69, 9.17) is 14.6 Å². The molecular formula is C14H18N2O3. The number of benzene rings is 1. The number of aromatic nitrogens is 2. The standard InChI is InChI=1S/C14H18N2O3/c1-9-6-12(18-2)13(19-3)7-10(9)11-8-15-14(16-11)4-5-17/h6-8,17H,4-5H2,1-3H3,(H,15,16). The van der Waals surface area contributed by atoms with E-state index in [-0.39, 0.29) is 6.61 Å². The average Bonchev–Trinajstić information content (AvgIpc) is 2.87. The molecule has 0 radical (unpaired) electrons. The predicted octanol–water partition coefficient (Wildman–Crippen LogP) is 1.94. The highest BCUT2D eigenvalue weighted by Gasteiger charge is 2.12. The van der Waals surface area contributed by atoms with Crippen LogP contribution in [0.4, 0.5) is 0 Å². The van der Waals surface area contributed by atoms with Gasteiger partial charge in [-0.2, -0.15) is 0 Å². The van der Waals surface area contributed by atoms with Crippen LogP contribution in [-0.2, 0) is 6.42 Å². The molecule has 0 bridgehead atoms. The summed E-state index contributed by atoms with van der Waals surface area (Å²) in [5.41, 5.74) is 2.98. The molecule has 2 aromatic rings. The molecule has 1 aromatic carbocycles. The normalized spacial score (nSPS) is 10.5. The molecule has 1 heterocycles. The maximum Gasteiger partial charge on any atom is 0.161 e. The van der Waals surface area contributed by atoms with Gasteiger partial charge in [0, 0.05) is 12.0 Å². The number of hydrogen-bond donors (Lipinski definition) is 2. The van der Waals surface area contributed by atoms with Crippen LogP contribution < -0.4 is 9.47 Å². The lowest BCUT2D eigenvalue weighted by atomic mass is 10.1. The smallest absolute Gasteiger partial charge is 0.161 e.